The van der Waals surface area contributed by atoms with Crippen LogP contribution >= 0.6 is 0 Å². The van der Waals surface area contributed by atoms with Gasteiger partial charge in [-0.3, -0.25) is 14.5 Å². The lowest BCUT2D eigenvalue weighted by Gasteiger charge is -2.29. The van der Waals surface area contributed by atoms with Crippen LogP contribution in [0.4, 0.5) is 10.1 Å². The Kier molecular flexibility index (Phi) is 3.91. The molecule has 0 aliphatic carbocycles. The molecule has 0 radical (unpaired) electrons. The fourth-order valence-electron chi connectivity index (χ4n) is 3.35. The highest BCUT2D eigenvalue weighted by Crippen LogP contribution is 2.38. The minimum absolute atomic E-state index is 0.192. The van der Waals surface area contributed by atoms with Crippen molar-refractivity contribution in [3.63, 3.8) is 0 Å². The lowest BCUT2D eigenvalue weighted by Crippen LogP contribution is -2.43. The third-order valence-electron chi connectivity index (χ3n) is 4.59. The van der Waals surface area contributed by atoms with E-state index < -0.39 is 30.0 Å². The summed E-state index contributed by atoms with van der Waals surface area (Å²) in [5, 5.41) is 2.68. The van der Waals surface area contributed by atoms with Crippen molar-refractivity contribution in [1.29, 1.82) is 0 Å². The second-order valence-corrected chi connectivity index (χ2v) is 6.20. The van der Waals surface area contributed by atoms with Gasteiger partial charge in [-0.05, 0) is 36.8 Å². The van der Waals surface area contributed by atoms with Gasteiger partial charge in [-0.15, -0.1) is 0 Å². The number of fused-ring (bicyclic) bond motifs is 1. The number of nitrogens with one attached hydrogen (secondary N) is 1. The van der Waals surface area contributed by atoms with Gasteiger partial charge >= 0.3 is 5.97 Å². The maximum absolute atomic E-state index is 13.0. The molecule has 2 aromatic carbocycles. The summed E-state index contributed by atoms with van der Waals surface area (Å²) in [5.74, 6) is -1.57. The highest BCUT2D eigenvalue weighted by atomic mass is 19.1. The van der Waals surface area contributed by atoms with Crippen LogP contribution in [0.15, 0.2) is 48.5 Å². The molecule has 26 heavy (non-hydrogen) atoms. The highest BCUT2D eigenvalue weighted by Gasteiger charge is 2.46. The van der Waals surface area contributed by atoms with Crippen LogP contribution < -0.4 is 5.32 Å². The SMILES string of the molecule is O=C1O[C@H](N2C(=O)CC[C@H]2C(=O)Nc2ccc(F)cc2)c2ccccc21. The predicted octanol–water partition coefficient (Wildman–Crippen LogP) is 2.62. The van der Waals surface area contributed by atoms with E-state index in [4.69, 9.17) is 4.74 Å². The first-order valence-corrected chi connectivity index (χ1v) is 8.22. The molecule has 4 rings (SSSR count). The van der Waals surface area contributed by atoms with Crippen molar-refractivity contribution in [2.75, 3.05) is 5.32 Å². The zero-order valence-corrected chi connectivity index (χ0v) is 13.6. The molecule has 2 atom stereocenters. The van der Waals surface area contributed by atoms with E-state index in [1.54, 1.807) is 24.3 Å². The average molecular weight is 354 g/mol. The van der Waals surface area contributed by atoms with Gasteiger partial charge in [-0.1, -0.05) is 18.2 Å². The van der Waals surface area contributed by atoms with Crippen LogP contribution in [-0.4, -0.2) is 28.7 Å². The van der Waals surface area contributed by atoms with Gasteiger partial charge in [0, 0.05) is 17.7 Å². The summed E-state index contributed by atoms with van der Waals surface area (Å²) in [6.45, 7) is 0. The highest BCUT2D eigenvalue weighted by molar-refractivity contribution is 6.00. The molecular formula is C19H15FN2O4. The molecule has 7 heteroatoms. The standard InChI is InChI=1S/C19H15FN2O4/c20-11-5-7-12(8-6-11)21-17(24)15-9-10-16(23)22(15)18-13-3-1-2-4-14(13)19(25)26-18/h1-8,15,18H,9-10H2,(H,21,24)/t15-,18-/m0/s1. The smallest absolute Gasteiger partial charge is 0.340 e. The Bertz CT molecular complexity index is 897. The largest absolute Gasteiger partial charge is 0.433 e. The maximum Gasteiger partial charge on any atom is 0.340 e. The second kappa shape index (κ2) is 6.25. The number of hydrogen-bond acceptors (Lipinski definition) is 4. The number of nitrogens with zero attached hydrogens (tertiary/aromatic N) is 1. The van der Waals surface area contributed by atoms with Crippen LogP contribution in [-0.2, 0) is 14.3 Å². The first-order chi connectivity index (χ1) is 12.5. The number of hydrogen-bond donors (Lipinski definition) is 1. The third-order valence-corrected chi connectivity index (χ3v) is 4.59. The molecule has 2 aliphatic rings. The Morgan fingerprint density at radius 1 is 1.12 bits per heavy atom. The molecule has 0 spiro atoms. The van der Waals surface area contributed by atoms with Gasteiger partial charge in [0.15, 0.2) is 0 Å². The first kappa shape index (κ1) is 16.3. The van der Waals surface area contributed by atoms with E-state index in [0.717, 1.165) is 0 Å². The van der Waals surface area contributed by atoms with Gasteiger partial charge in [0.2, 0.25) is 18.0 Å². The second-order valence-electron chi connectivity index (χ2n) is 6.20. The van der Waals surface area contributed by atoms with Gasteiger partial charge in [-0.25, -0.2) is 9.18 Å². The van der Waals surface area contributed by atoms with Crippen LogP contribution in [0.3, 0.4) is 0 Å². The van der Waals surface area contributed by atoms with Crippen LogP contribution in [0.25, 0.3) is 0 Å². The van der Waals surface area contributed by atoms with E-state index in [-0.39, 0.29) is 12.3 Å². The molecular weight excluding hydrogens is 339 g/mol. The van der Waals surface area contributed by atoms with Crippen LogP contribution in [0.5, 0.6) is 0 Å². The van der Waals surface area contributed by atoms with Gasteiger partial charge in [0.25, 0.3) is 0 Å². The number of benzene rings is 2. The van der Waals surface area contributed by atoms with Crippen LogP contribution in [0, 0.1) is 5.82 Å². The number of halogens is 1. The van der Waals surface area contributed by atoms with Gasteiger partial charge < -0.3 is 10.1 Å². The Morgan fingerprint density at radius 3 is 2.62 bits per heavy atom. The Balaban J connectivity index is 1.59. The average Bonchev–Trinajstić information content (AvgIpc) is 3.17. The molecule has 2 heterocycles. The monoisotopic (exact) mass is 354 g/mol. The summed E-state index contributed by atoms with van der Waals surface area (Å²) in [6.07, 6.45) is -0.391. The summed E-state index contributed by atoms with van der Waals surface area (Å²) in [6, 6.07) is 11.4. The van der Waals surface area contributed by atoms with E-state index in [1.807, 2.05) is 0 Å². The molecule has 1 saturated heterocycles. The normalized spacial score (nSPS) is 21.5. The number of rotatable bonds is 3. The lowest BCUT2D eigenvalue weighted by atomic mass is 10.1. The number of amides is 2. The maximum atomic E-state index is 13.0. The van der Waals surface area contributed by atoms with Gasteiger partial charge in [0.05, 0.1) is 5.56 Å². The molecule has 1 fully saturated rings. The summed E-state index contributed by atoms with van der Waals surface area (Å²) < 4.78 is 18.4. The molecule has 6 nitrogen and oxygen atoms in total. The van der Waals surface area contributed by atoms with Crippen molar-refractivity contribution >= 4 is 23.5 Å². The summed E-state index contributed by atoms with van der Waals surface area (Å²) >= 11 is 0. The van der Waals surface area contributed by atoms with Crippen LogP contribution in [0.1, 0.15) is 35.0 Å². The first-order valence-electron chi connectivity index (χ1n) is 8.22. The number of cyclic esters (lactones) is 1. The van der Waals surface area contributed by atoms with Crippen molar-refractivity contribution in [1.82, 2.24) is 4.90 Å². The number of esters is 1. The molecule has 132 valence electrons. The molecule has 0 unspecified atom stereocenters. The molecule has 0 bridgehead atoms. The third kappa shape index (κ3) is 2.71. The fraction of sp³-hybridized carbons (Fsp3) is 0.211. The topological polar surface area (TPSA) is 75.7 Å². The number of carbonyl (C=O) groups excluding carboxylic acids is 3. The van der Waals surface area contributed by atoms with E-state index >= 15 is 0 Å². The molecule has 2 aromatic rings. The summed E-state index contributed by atoms with van der Waals surface area (Å²) in [7, 11) is 0. The Labute approximate surface area is 148 Å². The van der Waals surface area contributed by atoms with E-state index in [9.17, 15) is 18.8 Å². The molecule has 0 aromatic heterocycles. The minimum atomic E-state index is -0.905. The number of likely N-dealkylation sites (tertiary alicyclic amines) is 1. The van der Waals surface area contributed by atoms with Crippen molar-refractivity contribution < 1.29 is 23.5 Å². The van der Waals surface area contributed by atoms with Crippen molar-refractivity contribution in [2.24, 2.45) is 0 Å². The van der Waals surface area contributed by atoms with Crippen LogP contribution in [0.2, 0.25) is 0 Å². The van der Waals surface area contributed by atoms with E-state index in [0.29, 0.717) is 23.2 Å². The fourth-order valence-corrected chi connectivity index (χ4v) is 3.35. The molecule has 1 N–H and O–H groups in total. The van der Waals surface area contributed by atoms with Crippen molar-refractivity contribution in [2.45, 2.75) is 25.1 Å². The number of carbonyl (C=O) groups is 3. The zero-order valence-electron chi connectivity index (χ0n) is 13.6. The molecule has 2 aliphatic heterocycles. The number of ether oxygens (including phenoxy) is 1. The van der Waals surface area contributed by atoms with E-state index in [1.165, 1.54) is 29.2 Å². The van der Waals surface area contributed by atoms with Gasteiger partial charge in [-0.2, -0.15) is 0 Å². The molecule has 0 saturated carbocycles. The minimum Gasteiger partial charge on any atom is -0.433 e. The Morgan fingerprint density at radius 2 is 1.85 bits per heavy atom. The quantitative estimate of drug-likeness (QED) is 0.860. The van der Waals surface area contributed by atoms with Crippen molar-refractivity contribution in [3.05, 3.63) is 65.5 Å². The van der Waals surface area contributed by atoms with Gasteiger partial charge in [0.1, 0.15) is 11.9 Å². The zero-order chi connectivity index (χ0) is 18.3. The lowest BCUT2D eigenvalue weighted by molar-refractivity contribution is -0.144. The summed E-state index contributed by atoms with van der Waals surface area (Å²) in [5.41, 5.74) is 1.40. The Hall–Kier alpha value is -3.22. The van der Waals surface area contributed by atoms with E-state index in [2.05, 4.69) is 5.32 Å². The predicted molar refractivity (Wildman–Crippen MR) is 89.5 cm³/mol. The summed E-state index contributed by atoms with van der Waals surface area (Å²) in [4.78, 5) is 38.4. The molecule has 2 amide bonds. The number of anilines is 1. The van der Waals surface area contributed by atoms with Crippen molar-refractivity contribution in [3.8, 4) is 0 Å².